The maximum Gasteiger partial charge on any atom is 0.145 e. The van der Waals surface area contributed by atoms with E-state index in [0.29, 0.717) is 5.92 Å². The Balaban J connectivity index is 1.77. The Bertz CT molecular complexity index is 1620. The third kappa shape index (κ3) is 4.19. The van der Waals surface area contributed by atoms with E-state index in [1.165, 1.54) is 49.1 Å². The van der Waals surface area contributed by atoms with Crippen molar-refractivity contribution in [1.29, 1.82) is 0 Å². The molecule has 0 N–H and O–H groups in total. The van der Waals surface area contributed by atoms with Crippen molar-refractivity contribution >= 4 is 49.2 Å². The fourth-order valence-corrected chi connectivity index (χ4v) is 5.52. The lowest BCUT2D eigenvalue weighted by molar-refractivity contribution is 0.507. The van der Waals surface area contributed by atoms with Crippen LogP contribution >= 0.6 is 0 Å². The number of aryl methyl sites for hydroxylation is 1. The second-order valence-electron chi connectivity index (χ2n) is 10.4. The number of fused-ring (bicyclic) bond motifs is 6. The van der Waals surface area contributed by atoms with E-state index < -0.39 is 0 Å². The van der Waals surface area contributed by atoms with Gasteiger partial charge in [-0.25, -0.2) is 0 Å². The fraction of sp³-hybridized carbons (Fsp3) is 0.294. The first kappa shape index (κ1) is 24.2. The third-order valence-electron chi connectivity index (χ3n) is 7.40. The Kier molecular flexibility index (Phi) is 6.62. The fourth-order valence-electron chi connectivity index (χ4n) is 5.52. The molecule has 0 saturated carbocycles. The van der Waals surface area contributed by atoms with Gasteiger partial charge in [0.2, 0.25) is 0 Å². The minimum absolute atomic E-state index is 0.557. The van der Waals surface area contributed by atoms with Gasteiger partial charge in [-0.1, -0.05) is 88.4 Å². The molecule has 0 spiro atoms. The Hall–Kier alpha value is -3.52. The number of unbranched alkanes of at least 4 members (excludes halogenated alkanes) is 1. The lowest BCUT2D eigenvalue weighted by Gasteiger charge is -2.27. The summed E-state index contributed by atoms with van der Waals surface area (Å²) in [6.45, 7) is 13.3. The quantitative estimate of drug-likeness (QED) is 0.208. The van der Waals surface area contributed by atoms with Crippen molar-refractivity contribution in [3.05, 3.63) is 90.1 Å². The van der Waals surface area contributed by atoms with E-state index in [1.807, 2.05) is 0 Å². The summed E-state index contributed by atoms with van der Waals surface area (Å²) < 4.78 is 6.76. The number of allylic oxidation sites excluding steroid dienone is 2. The molecular formula is C34H37NO. The smallest absolute Gasteiger partial charge is 0.145 e. The summed E-state index contributed by atoms with van der Waals surface area (Å²) in [5.74, 6) is 0.557. The second kappa shape index (κ2) is 9.85. The van der Waals surface area contributed by atoms with Gasteiger partial charge in [-0.3, -0.25) is 0 Å². The zero-order chi connectivity index (χ0) is 25.4. The average Bonchev–Trinajstić information content (AvgIpc) is 3.24. The zero-order valence-corrected chi connectivity index (χ0v) is 22.3. The van der Waals surface area contributed by atoms with Crippen LogP contribution in [0.15, 0.2) is 83.4 Å². The van der Waals surface area contributed by atoms with E-state index in [4.69, 9.17) is 4.42 Å². The molecule has 0 saturated heterocycles. The van der Waals surface area contributed by atoms with Crippen LogP contribution in [0.5, 0.6) is 0 Å². The molecule has 2 heteroatoms. The highest BCUT2D eigenvalue weighted by Crippen LogP contribution is 2.40. The molecule has 5 rings (SSSR count). The number of hydrogen-bond acceptors (Lipinski definition) is 2. The number of furan rings is 1. The maximum atomic E-state index is 6.76. The Labute approximate surface area is 214 Å². The first-order valence-corrected chi connectivity index (χ1v) is 13.3. The van der Waals surface area contributed by atoms with Gasteiger partial charge in [0.05, 0.1) is 0 Å². The molecule has 1 heterocycles. The van der Waals surface area contributed by atoms with E-state index in [1.54, 1.807) is 0 Å². The van der Waals surface area contributed by atoms with Crippen molar-refractivity contribution in [2.45, 2.75) is 53.4 Å². The summed E-state index contributed by atoms with van der Waals surface area (Å²) in [7, 11) is 2.14. The van der Waals surface area contributed by atoms with Crippen LogP contribution in [0.4, 0.5) is 0 Å². The van der Waals surface area contributed by atoms with Crippen LogP contribution in [-0.2, 0) is 6.42 Å². The predicted octanol–water partition coefficient (Wildman–Crippen LogP) is 10.1. The minimum Gasteiger partial charge on any atom is -0.455 e. The van der Waals surface area contributed by atoms with Gasteiger partial charge in [-0.05, 0) is 71.3 Å². The first-order chi connectivity index (χ1) is 17.4. The number of hydrogen-bond donors (Lipinski definition) is 0. The third-order valence-corrected chi connectivity index (χ3v) is 7.40. The molecule has 0 amide bonds. The number of nitrogens with zero attached hydrogens (tertiary/aromatic N) is 1. The summed E-state index contributed by atoms with van der Waals surface area (Å²) >= 11 is 0. The molecule has 5 aromatic rings. The van der Waals surface area contributed by atoms with Crippen LogP contribution in [0.1, 0.15) is 58.1 Å². The summed E-state index contributed by atoms with van der Waals surface area (Å²) in [5.41, 5.74) is 6.78. The van der Waals surface area contributed by atoms with Crippen LogP contribution in [0.2, 0.25) is 0 Å². The Morgan fingerprint density at radius 1 is 0.944 bits per heavy atom. The highest BCUT2D eigenvalue weighted by Gasteiger charge is 2.21. The van der Waals surface area contributed by atoms with Crippen molar-refractivity contribution in [2.75, 3.05) is 7.05 Å². The van der Waals surface area contributed by atoms with Crippen molar-refractivity contribution < 1.29 is 4.42 Å². The van der Waals surface area contributed by atoms with E-state index in [0.717, 1.165) is 42.5 Å². The van der Waals surface area contributed by atoms with E-state index in [-0.39, 0.29) is 0 Å². The number of rotatable bonds is 8. The summed E-state index contributed by atoms with van der Waals surface area (Å²) in [6.07, 6.45) is 6.53. The predicted molar refractivity (Wildman–Crippen MR) is 157 cm³/mol. The monoisotopic (exact) mass is 475 g/mol. The molecule has 0 aliphatic carbocycles. The summed E-state index contributed by atoms with van der Waals surface area (Å²) in [4.78, 5) is 2.27. The minimum atomic E-state index is 0.557. The topological polar surface area (TPSA) is 16.4 Å². The van der Waals surface area contributed by atoms with Crippen molar-refractivity contribution in [3.63, 3.8) is 0 Å². The van der Waals surface area contributed by atoms with E-state index in [9.17, 15) is 0 Å². The molecule has 0 bridgehead atoms. The molecule has 1 aromatic heterocycles. The lowest BCUT2D eigenvalue weighted by Crippen LogP contribution is -2.18. The van der Waals surface area contributed by atoms with E-state index >= 15 is 0 Å². The Morgan fingerprint density at radius 3 is 2.47 bits per heavy atom. The molecule has 2 nitrogen and oxygen atoms in total. The molecule has 0 unspecified atom stereocenters. The summed E-state index contributed by atoms with van der Waals surface area (Å²) in [6, 6.07) is 22.1. The first-order valence-electron chi connectivity index (χ1n) is 13.3. The van der Waals surface area contributed by atoms with Crippen molar-refractivity contribution in [1.82, 2.24) is 4.90 Å². The SMILES string of the molecule is C=C(CC(C)C)N(C)/C(=C\C)c1c(CCCC)ccc2c1oc1cc3c(ccc4ccccc43)cc12. The molecule has 4 aromatic carbocycles. The molecule has 0 aliphatic rings. The van der Waals surface area contributed by atoms with Crippen LogP contribution in [0.3, 0.4) is 0 Å². The summed E-state index contributed by atoms with van der Waals surface area (Å²) in [5, 5.41) is 7.35. The molecule has 0 aliphatic heterocycles. The number of benzene rings is 4. The normalized spacial score (nSPS) is 12.4. The molecule has 0 fully saturated rings. The van der Waals surface area contributed by atoms with Crippen LogP contribution in [0.25, 0.3) is 49.2 Å². The molecule has 0 atom stereocenters. The van der Waals surface area contributed by atoms with E-state index in [2.05, 4.69) is 113 Å². The van der Waals surface area contributed by atoms with Crippen LogP contribution in [-0.4, -0.2) is 11.9 Å². The van der Waals surface area contributed by atoms with Crippen LogP contribution in [0, 0.1) is 5.92 Å². The molecule has 184 valence electrons. The van der Waals surface area contributed by atoms with Gasteiger partial charge >= 0.3 is 0 Å². The highest BCUT2D eigenvalue weighted by atomic mass is 16.3. The maximum absolute atomic E-state index is 6.76. The van der Waals surface area contributed by atoms with Crippen molar-refractivity contribution in [2.24, 2.45) is 5.92 Å². The standard InChI is InChI=1S/C34H37NO/c1-7-9-12-25-17-18-28-30-20-26-16-15-24-13-10-11-14-27(24)29(26)21-32(30)36-34(28)33(25)31(8-2)35(6)23(5)19-22(3)4/h8,10-11,13-18,20-22H,5,7,9,12,19H2,1-4,6H3/b31-8-. The second-order valence-corrected chi connectivity index (χ2v) is 10.4. The van der Waals surface area contributed by atoms with Crippen LogP contribution < -0.4 is 0 Å². The largest absolute Gasteiger partial charge is 0.455 e. The zero-order valence-electron chi connectivity index (χ0n) is 22.3. The van der Waals surface area contributed by atoms with Gasteiger partial charge in [-0.2, -0.15) is 0 Å². The lowest BCUT2D eigenvalue weighted by atomic mass is 9.94. The van der Waals surface area contributed by atoms with Gasteiger partial charge in [0.25, 0.3) is 0 Å². The van der Waals surface area contributed by atoms with Gasteiger partial charge in [0.15, 0.2) is 0 Å². The highest BCUT2D eigenvalue weighted by molar-refractivity contribution is 6.17. The van der Waals surface area contributed by atoms with Gasteiger partial charge in [-0.15, -0.1) is 0 Å². The molecule has 36 heavy (non-hydrogen) atoms. The molecule has 0 radical (unpaired) electrons. The molecular weight excluding hydrogens is 438 g/mol. The Morgan fingerprint density at radius 2 is 1.72 bits per heavy atom. The average molecular weight is 476 g/mol. The van der Waals surface area contributed by atoms with Gasteiger partial charge in [0.1, 0.15) is 11.2 Å². The van der Waals surface area contributed by atoms with Gasteiger partial charge < -0.3 is 9.32 Å². The van der Waals surface area contributed by atoms with Gasteiger partial charge in [0, 0.05) is 34.8 Å². The van der Waals surface area contributed by atoms with Crippen molar-refractivity contribution in [3.8, 4) is 0 Å².